The number of fused-ring (bicyclic) bond motifs is 1. The van der Waals surface area contributed by atoms with Crippen LogP contribution in [-0.4, -0.2) is 23.5 Å². The molecule has 1 aliphatic rings. The predicted octanol–water partition coefficient (Wildman–Crippen LogP) is 4.06. The van der Waals surface area contributed by atoms with Crippen LogP contribution in [0.5, 0.6) is 5.75 Å². The number of thiazole rings is 1. The summed E-state index contributed by atoms with van der Waals surface area (Å²) >= 11 is 1.68. The summed E-state index contributed by atoms with van der Waals surface area (Å²) in [4.78, 5) is 18.8. The second-order valence-electron chi connectivity index (χ2n) is 5.56. The van der Waals surface area contributed by atoms with Gasteiger partial charge in [-0.1, -0.05) is 13.0 Å². The number of anilines is 1. The summed E-state index contributed by atoms with van der Waals surface area (Å²) in [6, 6.07) is 5.90. The molecule has 0 aliphatic carbocycles. The van der Waals surface area contributed by atoms with Gasteiger partial charge < -0.3 is 9.64 Å². The van der Waals surface area contributed by atoms with Crippen molar-refractivity contribution in [1.29, 1.82) is 0 Å². The number of carbonyl (C=O) groups excluding carboxylic acids is 1. The normalized spacial score (nSPS) is 16.9. The Hall–Kier alpha value is -2.14. The first-order chi connectivity index (χ1) is 11.1. The van der Waals surface area contributed by atoms with Crippen LogP contribution in [0, 0.1) is 0 Å². The number of hydrogen-bond acceptors (Lipinski definition) is 4. The highest BCUT2D eigenvalue weighted by atomic mass is 32.1. The second kappa shape index (κ2) is 6.54. The number of aromatic nitrogens is 1. The van der Waals surface area contributed by atoms with Crippen molar-refractivity contribution >= 4 is 22.9 Å². The molecule has 2 aromatic rings. The summed E-state index contributed by atoms with van der Waals surface area (Å²) < 4.78 is 5.71. The van der Waals surface area contributed by atoms with E-state index in [1.165, 1.54) is 0 Å². The minimum Gasteiger partial charge on any atom is -0.479 e. The maximum absolute atomic E-state index is 12.4. The van der Waals surface area contributed by atoms with Crippen LogP contribution in [0.2, 0.25) is 0 Å². The van der Waals surface area contributed by atoms with E-state index in [0.29, 0.717) is 6.54 Å². The lowest BCUT2D eigenvalue weighted by molar-refractivity contribution is -0.125. The number of aryl methyl sites for hydroxylation is 1. The smallest absolute Gasteiger partial charge is 0.268 e. The first-order valence-electron chi connectivity index (χ1n) is 7.81. The molecule has 0 bridgehead atoms. The van der Waals surface area contributed by atoms with Gasteiger partial charge in [-0.15, -0.1) is 17.9 Å². The fourth-order valence-electron chi connectivity index (χ4n) is 2.66. The monoisotopic (exact) mass is 328 g/mol. The van der Waals surface area contributed by atoms with Crippen LogP contribution in [0.25, 0.3) is 11.3 Å². The molecular weight excluding hydrogens is 308 g/mol. The largest absolute Gasteiger partial charge is 0.479 e. The number of carbonyl (C=O) groups is 1. The van der Waals surface area contributed by atoms with E-state index in [1.807, 2.05) is 18.2 Å². The Balaban J connectivity index is 1.99. The fraction of sp³-hybridized carbons (Fsp3) is 0.333. The van der Waals surface area contributed by atoms with Gasteiger partial charge in [0.25, 0.3) is 5.91 Å². The highest BCUT2D eigenvalue weighted by molar-refractivity contribution is 7.09. The van der Waals surface area contributed by atoms with Gasteiger partial charge in [0.2, 0.25) is 0 Å². The molecule has 0 saturated carbocycles. The average molecular weight is 328 g/mol. The first kappa shape index (κ1) is 15.7. The van der Waals surface area contributed by atoms with Gasteiger partial charge in [-0.3, -0.25) is 4.79 Å². The van der Waals surface area contributed by atoms with E-state index in [9.17, 15) is 4.79 Å². The molecule has 5 heteroatoms. The Morgan fingerprint density at radius 2 is 2.30 bits per heavy atom. The van der Waals surface area contributed by atoms with Crippen LogP contribution in [0.15, 0.2) is 36.2 Å². The molecule has 4 nitrogen and oxygen atoms in total. The standard InChI is InChI=1S/C18H20N2O2S/c1-4-6-17-19-14(11-23-17)13-7-8-16-15(10-13)20(9-5-2)18(21)12(3)22-16/h5,7-8,10-12H,2,4,6,9H2,1,3H3. The highest BCUT2D eigenvalue weighted by Gasteiger charge is 2.31. The molecule has 2 heterocycles. The Bertz CT molecular complexity index is 738. The van der Waals surface area contributed by atoms with Gasteiger partial charge in [0, 0.05) is 17.5 Å². The van der Waals surface area contributed by atoms with Crippen molar-refractivity contribution in [3.63, 3.8) is 0 Å². The third-order valence-electron chi connectivity index (χ3n) is 3.79. The van der Waals surface area contributed by atoms with Crippen LogP contribution in [-0.2, 0) is 11.2 Å². The number of hydrogen-bond donors (Lipinski definition) is 0. The Labute approximate surface area is 140 Å². The van der Waals surface area contributed by atoms with Crippen molar-refractivity contribution < 1.29 is 9.53 Å². The van der Waals surface area contributed by atoms with Gasteiger partial charge in [-0.2, -0.15) is 0 Å². The molecule has 120 valence electrons. The molecule has 1 amide bonds. The second-order valence-corrected chi connectivity index (χ2v) is 6.50. The zero-order chi connectivity index (χ0) is 16.4. The van der Waals surface area contributed by atoms with Gasteiger partial charge in [-0.25, -0.2) is 4.98 Å². The van der Waals surface area contributed by atoms with E-state index in [1.54, 1.807) is 29.2 Å². The number of amides is 1. The van der Waals surface area contributed by atoms with Crippen LogP contribution >= 0.6 is 11.3 Å². The number of nitrogens with zero attached hydrogens (tertiary/aromatic N) is 2. The molecule has 1 unspecified atom stereocenters. The van der Waals surface area contributed by atoms with Crippen LogP contribution < -0.4 is 9.64 Å². The van der Waals surface area contributed by atoms with Crippen molar-refractivity contribution in [1.82, 2.24) is 4.98 Å². The van der Waals surface area contributed by atoms with Gasteiger partial charge in [0.15, 0.2) is 6.10 Å². The number of rotatable bonds is 5. The zero-order valence-corrected chi connectivity index (χ0v) is 14.2. The average Bonchev–Trinajstić information content (AvgIpc) is 3.00. The van der Waals surface area contributed by atoms with Crippen molar-refractivity contribution in [2.45, 2.75) is 32.8 Å². The van der Waals surface area contributed by atoms with Gasteiger partial charge in [0.05, 0.1) is 16.4 Å². The Morgan fingerprint density at radius 1 is 1.48 bits per heavy atom. The molecular formula is C18H20N2O2S. The molecule has 0 saturated heterocycles. The Morgan fingerprint density at radius 3 is 3.04 bits per heavy atom. The molecule has 1 aliphatic heterocycles. The van der Waals surface area contributed by atoms with E-state index in [4.69, 9.17) is 4.74 Å². The summed E-state index contributed by atoms with van der Waals surface area (Å²) in [7, 11) is 0. The summed E-state index contributed by atoms with van der Waals surface area (Å²) in [5, 5.41) is 3.21. The van der Waals surface area contributed by atoms with Gasteiger partial charge >= 0.3 is 0 Å². The molecule has 1 atom stereocenters. The van der Waals surface area contributed by atoms with Crippen molar-refractivity contribution in [3.05, 3.63) is 41.2 Å². The molecule has 1 aromatic carbocycles. The molecule has 23 heavy (non-hydrogen) atoms. The fourth-order valence-corrected chi connectivity index (χ4v) is 3.57. The molecule has 1 aromatic heterocycles. The highest BCUT2D eigenvalue weighted by Crippen LogP contribution is 2.37. The van der Waals surface area contributed by atoms with Gasteiger partial charge in [-0.05, 0) is 38.0 Å². The Kier molecular flexibility index (Phi) is 4.48. The summed E-state index contributed by atoms with van der Waals surface area (Å²) in [6.07, 6.45) is 3.35. The third-order valence-corrected chi connectivity index (χ3v) is 4.70. The zero-order valence-electron chi connectivity index (χ0n) is 13.4. The van der Waals surface area contributed by atoms with Crippen LogP contribution in [0.1, 0.15) is 25.3 Å². The minimum absolute atomic E-state index is 0.0421. The topological polar surface area (TPSA) is 42.4 Å². The first-order valence-corrected chi connectivity index (χ1v) is 8.69. The van der Waals surface area contributed by atoms with E-state index in [2.05, 4.69) is 23.9 Å². The summed E-state index contributed by atoms with van der Waals surface area (Å²) in [5.41, 5.74) is 2.74. The predicted molar refractivity (Wildman–Crippen MR) is 94.2 cm³/mol. The molecule has 0 radical (unpaired) electrons. The minimum atomic E-state index is -0.469. The van der Waals surface area contributed by atoms with Crippen molar-refractivity contribution in [2.75, 3.05) is 11.4 Å². The van der Waals surface area contributed by atoms with Crippen molar-refractivity contribution in [2.24, 2.45) is 0 Å². The van der Waals surface area contributed by atoms with Crippen LogP contribution in [0.3, 0.4) is 0 Å². The summed E-state index contributed by atoms with van der Waals surface area (Å²) in [6.45, 7) is 8.14. The molecule has 0 fully saturated rings. The summed E-state index contributed by atoms with van der Waals surface area (Å²) in [5.74, 6) is 0.686. The van der Waals surface area contributed by atoms with E-state index < -0.39 is 6.10 Å². The molecule has 0 spiro atoms. The lowest BCUT2D eigenvalue weighted by Crippen LogP contribution is -2.44. The molecule has 3 rings (SSSR count). The van der Waals surface area contributed by atoms with Crippen molar-refractivity contribution in [3.8, 4) is 17.0 Å². The quantitative estimate of drug-likeness (QED) is 0.777. The number of ether oxygens (including phenoxy) is 1. The maximum Gasteiger partial charge on any atom is 0.268 e. The van der Waals surface area contributed by atoms with E-state index in [-0.39, 0.29) is 5.91 Å². The SMILES string of the molecule is C=CCN1C(=O)C(C)Oc2ccc(-c3csc(CCC)n3)cc21. The lowest BCUT2D eigenvalue weighted by Gasteiger charge is -2.32. The maximum atomic E-state index is 12.4. The van der Waals surface area contributed by atoms with Gasteiger partial charge in [0.1, 0.15) is 5.75 Å². The third kappa shape index (κ3) is 3.01. The lowest BCUT2D eigenvalue weighted by atomic mass is 10.1. The van der Waals surface area contributed by atoms with E-state index in [0.717, 1.165) is 40.5 Å². The number of benzene rings is 1. The molecule has 0 N–H and O–H groups in total. The van der Waals surface area contributed by atoms with E-state index >= 15 is 0 Å². The van der Waals surface area contributed by atoms with Crippen LogP contribution in [0.4, 0.5) is 5.69 Å².